The minimum absolute atomic E-state index is 0.160. The quantitative estimate of drug-likeness (QED) is 0.393. The first-order valence-corrected chi connectivity index (χ1v) is 4.74. The van der Waals surface area contributed by atoms with Crippen molar-refractivity contribution in [3.63, 3.8) is 0 Å². The first-order valence-electron chi connectivity index (χ1n) is 4.74. The van der Waals surface area contributed by atoms with Crippen LogP contribution < -0.4 is 0 Å². The van der Waals surface area contributed by atoms with E-state index in [-0.39, 0.29) is 10.6 Å². The summed E-state index contributed by atoms with van der Waals surface area (Å²) >= 11 is 0. The third-order valence-electron chi connectivity index (χ3n) is 1.41. The fourth-order valence-electron chi connectivity index (χ4n) is 0.803. The minimum Gasteiger partial charge on any atom is -0.258 e. The van der Waals surface area contributed by atoms with Gasteiger partial charge in [-0.2, -0.15) is 0 Å². The molecule has 0 bridgehead atoms. The third kappa shape index (κ3) is 6.17. The lowest BCUT2D eigenvalue weighted by molar-refractivity contribution is -0.420. The Morgan fingerprint density at radius 1 is 1.29 bits per heavy atom. The van der Waals surface area contributed by atoms with Crippen molar-refractivity contribution in [2.24, 2.45) is 0 Å². The van der Waals surface area contributed by atoms with Gasteiger partial charge in [0.2, 0.25) is 0 Å². The van der Waals surface area contributed by atoms with Crippen LogP contribution in [-0.2, 0) is 0 Å². The highest BCUT2D eigenvalue weighted by atomic mass is 16.6. The molecular weight excluding hydrogens is 178 g/mol. The average Bonchev–Trinajstić information content (AvgIpc) is 2.18. The molecule has 0 rings (SSSR count). The van der Waals surface area contributed by atoms with E-state index < -0.39 is 0 Å². The van der Waals surface area contributed by atoms with Crippen molar-refractivity contribution in [2.75, 3.05) is 0 Å². The summed E-state index contributed by atoms with van der Waals surface area (Å²) in [6.45, 7) is 9.24. The lowest BCUT2D eigenvalue weighted by Crippen LogP contribution is -1.98. The Labute approximate surface area is 86.0 Å². The van der Waals surface area contributed by atoms with E-state index in [2.05, 4.69) is 0 Å². The number of nitro groups is 1. The highest BCUT2D eigenvalue weighted by Gasteiger charge is 2.09. The number of allylic oxidation sites excluding steroid dienone is 5. The second kappa shape index (κ2) is 9.71. The van der Waals surface area contributed by atoms with Crippen LogP contribution in [0.1, 0.15) is 34.6 Å². The Balaban J connectivity index is 0. The Kier molecular flexibility index (Phi) is 10.5. The second-order valence-electron chi connectivity index (χ2n) is 2.31. The topological polar surface area (TPSA) is 43.1 Å². The number of rotatable bonds is 3. The van der Waals surface area contributed by atoms with Crippen LogP contribution in [0, 0.1) is 10.1 Å². The monoisotopic (exact) mass is 197 g/mol. The Hall–Kier alpha value is -1.38. The molecule has 0 atom stereocenters. The zero-order valence-corrected chi connectivity index (χ0v) is 9.57. The van der Waals surface area contributed by atoms with Gasteiger partial charge in [0.25, 0.3) is 5.70 Å². The highest BCUT2D eigenvalue weighted by molar-refractivity contribution is 5.26. The zero-order valence-electron chi connectivity index (χ0n) is 9.57. The van der Waals surface area contributed by atoms with E-state index in [1.54, 1.807) is 26.0 Å². The van der Waals surface area contributed by atoms with E-state index in [0.717, 1.165) is 0 Å². The molecule has 0 fully saturated rings. The van der Waals surface area contributed by atoms with Crippen molar-refractivity contribution in [2.45, 2.75) is 34.6 Å². The van der Waals surface area contributed by atoms with Gasteiger partial charge >= 0.3 is 0 Å². The van der Waals surface area contributed by atoms with E-state index in [4.69, 9.17) is 0 Å². The fraction of sp³-hybridized carbons (Fsp3) is 0.455. The Morgan fingerprint density at radius 2 is 1.79 bits per heavy atom. The van der Waals surface area contributed by atoms with Crippen LogP contribution in [0.15, 0.2) is 35.6 Å². The molecule has 0 aliphatic rings. The molecule has 0 radical (unpaired) electrons. The van der Waals surface area contributed by atoms with Crippen molar-refractivity contribution in [1.82, 2.24) is 0 Å². The molecule has 3 nitrogen and oxygen atoms in total. The summed E-state index contributed by atoms with van der Waals surface area (Å²) in [4.78, 5) is 10.0. The number of hydrogen-bond acceptors (Lipinski definition) is 2. The molecule has 0 unspecified atom stereocenters. The van der Waals surface area contributed by atoms with Crippen LogP contribution in [0.2, 0.25) is 0 Å². The van der Waals surface area contributed by atoms with Crippen LogP contribution in [0.25, 0.3) is 0 Å². The summed E-state index contributed by atoms with van der Waals surface area (Å²) in [6.07, 6.45) is 6.83. The van der Waals surface area contributed by atoms with E-state index in [1.165, 1.54) is 6.08 Å². The SMILES string of the molecule is CC.C\C=C/C=C(C)\C(=C/C)[N+](=O)[O-]. The second-order valence-corrected chi connectivity index (χ2v) is 2.31. The van der Waals surface area contributed by atoms with Gasteiger partial charge in [-0.3, -0.25) is 10.1 Å². The van der Waals surface area contributed by atoms with E-state index >= 15 is 0 Å². The molecule has 3 heteroatoms. The molecule has 0 saturated carbocycles. The molecule has 0 amide bonds. The average molecular weight is 197 g/mol. The maximum atomic E-state index is 10.4. The van der Waals surface area contributed by atoms with Crippen molar-refractivity contribution in [3.05, 3.63) is 45.7 Å². The van der Waals surface area contributed by atoms with Crippen LogP contribution >= 0.6 is 0 Å². The number of hydrogen-bond donors (Lipinski definition) is 0. The summed E-state index contributed by atoms with van der Waals surface area (Å²) in [6, 6.07) is 0. The third-order valence-corrected chi connectivity index (χ3v) is 1.41. The molecule has 0 heterocycles. The van der Waals surface area contributed by atoms with E-state index in [1.807, 2.05) is 26.8 Å². The zero-order chi connectivity index (χ0) is 11.6. The lowest BCUT2D eigenvalue weighted by atomic mass is 10.2. The van der Waals surface area contributed by atoms with Crippen molar-refractivity contribution in [3.8, 4) is 0 Å². The minimum atomic E-state index is -0.380. The largest absolute Gasteiger partial charge is 0.268 e. The molecule has 80 valence electrons. The lowest BCUT2D eigenvalue weighted by Gasteiger charge is -1.94. The van der Waals surface area contributed by atoms with Crippen LogP contribution in [0.4, 0.5) is 0 Å². The molecule has 0 aliphatic carbocycles. The standard InChI is InChI=1S/C9H13NO2.C2H6/c1-4-6-7-8(3)9(5-2)10(11)12;1-2/h4-7H,1-3H3;1-2H3/b6-4-,8-7-,9-5+;. The van der Waals surface area contributed by atoms with Gasteiger partial charge in [0.1, 0.15) is 0 Å². The number of nitrogens with zero attached hydrogens (tertiary/aromatic N) is 1. The predicted molar refractivity (Wildman–Crippen MR) is 60.7 cm³/mol. The molecule has 0 aromatic carbocycles. The van der Waals surface area contributed by atoms with Gasteiger partial charge in [-0.05, 0) is 26.8 Å². The summed E-state index contributed by atoms with van der Waals surface area (Å²) in [5, 5.41) is 10.4. The molecule has 0 aromatic heterocycles. The van der Waals surface area contributed by atoms with Crippen molar-refractivity contribution in [1.29, 1.82) is 0 Å². The summed E-state index contributed by atoms with van der Waals surface area (Å²) in [7, 11) is 0. The maximum absolute atomic E-state index is 10.4. The van der Waals surface area contributed by atoms with E-state index in [9.17, 15) is 10.1 Å². The van der Waals surface area contributed by atoms with Crippen LogP contribution in [-0.4, -0.2) is 4.92 Å². The molecule has 0 spiro atoms. The van der Waals surface area contributed by atoms with Gasteiger partial charge in [-0.15, -0.1) is 0 Å². The summed E-state index contributed by atoms with van der Waals surface area (Å²) < 4.78 is 0. The van der Waals surface area contributed by atoms with Gasteiger partial charge in [0.15, 0.2) is 0 Å². The van der Waals surface area contributed by atoms with Gasteiger partial charge < -0.3 is 0 Å². The van der Waals surface area contributed by atoms with Crippen LogP contribution in [0.3, 0.4) is 0 Å². The van der Waals surface area contributed by atoms with Gasteiger partial charge in [0.05, 0.1) is 4.92 Å². The van der Waals surface area contributed by atoms with Gasteiger partial charge in [-0.1, -0.05) is 32.1 Å². The van der Waals surface area contributed by atoms with Gasteiger partial charge in [0, 0.05) is 5.57 Å². The summed E-state index contributed by atoms with van der Waals surface area (Å²) in [5.41, 5.74) is 0.828. The first kappa shape index (κ1) is 15.1. The smallest absolute Gasteiger partial charge is 0.258 e. The molecule has 0 aliphatic heterocycles. The van der Waals surface area contributed by atoms with Crippen LogP contribution in [0.5, 0.6) is 0 Å². The van der Waals surface area contributed by atoms with Crippen molar-refractivity contribution < 1.29 is 4.92 Å². The molecule has 0 aromatic rings. The molecule has 0 N–H and O–H groups in total. The Bertz CT molecular complexity index is 250. The highest BCUT2D eigenvalue weighted by Crippen LogP contribution is 2.09. The normalized spacial score (nSPS) is 12.4. The molecule has 0 saturated heterocycles. The van der Waals surface area contributed by atoms with E-state index in [0.29, 0.717) is 5.57 Å². The summed E-state index contributed by atoms with van der Waals surface area (Å²) in [5.74, 6) is 0. The van der Waals surface area contributed by atoms with Crippen molar-refractivity contribution >= 4 is 0 Å². The molecular formula is C11H19NO2. The fourth-order valence-corrected chi connectivity index (χ4v) is 0.803. The van der Waals surface area contributed by atoms with Gasteiger partial charge in [-0.25, -0.2) is 0 Å². The predicted octanol–water partition coefficient (Wildman–Crippen LogP) is 3.72. The first-order chi connectivity index (χ1) is 6.63. The molecule has 14 heavy (non-hydrogen) atoms. The Morgan fingerprint density at radius 3 is 2.07 bits per heavy atom. The maximum Gasteiger partial charge on any atom is 0.268 e.